The van der Waals surface area contributed by atoms with Gasteiger partial charge in [0, 0.05) is 17.5 Å². The lowest BCUT2D eigenvalue weighted by atomic mass is 10.2. The first kappa shape index (κ1) is 17.8. The van der Waals surface area contributed by atoms with Gasteiger partial charge in [-0.25, -0.2) is 13.6 Å². The summed E-state index contributed by atoms with van der Waals surface area (Å²) in [5.41, 5.74) is 1.14. The maximum Gasteiger partial charge on any atom is 0.295 e. The van der Waals surface area contributed by atoms with Crippen LogP contribution in [0, 0.1) is 0 Å². The zero-order valence-electron chi connectivity index (χ0n) is 13.8. The summed E-state index contributed by atoms with van der Waals surface area (Å²) < 4.78 is 24.1. The number of primary sulfonamides is 1. The molecule has 3 aromatic rings. The van der Waals surface area contributed by atoms with Crippen LogP contribution in [0.4, 0.5) is 5.69 Å². The number of para-hydroxylation sites is 1. The summed E-state index contributed by atoms with van der Waals surface area (Å²) >= 11 is 0. The van der Waals surface area contributed by atoms with Gasteiger partial charge in [-0.05, 0) is 37.3 Å². The molecule has 1 aromatic heterocycles. The van der Waals surface area contributed by atoms with Gasteiger partial charge in [-0.1, -0.05) is 18.2 Å². The molecule has 1 heterocycles. The predicted octanol–water partition coefficient (Wildman–Crippen LogP) is 2.94. The number of sulfonamides is 1. The number of rotatable bonds is 4. The molecular formula is C17H16N4O4S. The van der Waals surface area contributed by atoms with E-state index in [0.717, 1.165) is 5.52 Å². The Morgan fingerprint density at radius 3 is 2.42 bits per heavy atom. The highest BCUT2D eigenvalue weighted by Gasteiger charge is 2.16. The fourth-order valence-corrected chi connectivity index (χ4v) is 3.15. The zero-order valence-corrected chi connectivity index (χ0v) is 14.6. The number of benzene rings is 2. The number of carbonyl (C=O) groups excluding carboxylic acids is 1. The third kappa shape index (κ3) is 3.22. The molecule has 26 heavy (non-hydrogen) atoms. The van der Waals surface area contributed by atoms with E-state index in [0.29, 0.717) is 11.9 Å². The second-order valence-corrected chi connectivity index (χ2v) is 7.07. The lowest BCUT2D eigenvalue weighted by Gasteiger charge is -2.01. The minimum Gasteiger partial charge on any atom is -0.493 e. The van der Waals surface area contributed by atoms with Gasteiger partial charge in [-0.2, -0.15) is 0 Å². The van der Waals surface area contributed by atoms with Crippen LogP contribution in [0.15, 0.2) is 63.7 Å². The molecule has 0 radical (unpaired) electrons. The number of aromatic hydroxyl groups is 1. The number of nitrogens with two attached hydrogens (primary N) is 1. The number of hydrogen-bond acceptors (Lipinski definition) is 5. The molecule has 0 fully saturated rings. The van der Waals surface area contributed by atoms with Crippen molar-refractivity contribution in [3.05, 3.63) is 54.1 Å². The van der Waals surface area contributed by atoms with Crippen molar-refractivity contribution in [2.24, 2.45) is 15.4 Å². The second-order valence-electron chi connectivity index (χ2n) is 5.51. The highest BCUT2D eigenvalue weighted by atomic mass is 32.2. The third-order valence-corrected chi connectivity index (χ3v) is 4.83. The molecule has 9 heteroatoms. The molecule has 1 amide bonds. The van der Waals surface area contributed by atoms with E-state index < -0.39 is 15.9 Å². The third-order valence-electron chi connectivity index (χ3n) is 3.90. The second kappa shape index (κ2) is 6.70. The number of carbonyl (C=O) groups is 1. The van der Waals surface area contributed by atoms with Crippen LogP contribution >= 0.6 is 0 Å². The molecule has 3 rings (SSSR count). The van der Waals surface area contributed by atoms with Crippen molar-refractivity contribution in [3.8, 4) is 5.88 Å². The molecule has 0 saturated carbocycles. The van der Waals surface area contributed by atoms with Crippen LogP contribution in [-0.4, -0.2) is 24.0 Å². The average molecular weight is 372 g/mol. The van der Waals surface area contributed by atoms with E-state index in [2.05, 4.69) is 10.2 Å². The van der Waals surface area contributed by atoms with Gasteiger partial charge >= 0.3 is 0 Å². The molecule has 0 aliphatic heterocycles. The standard InChI is InChI=1S/C17H16N4O4S/c1-2-21-14-6-4-3-5-13(14)15(17(21)23)19-20-16(22)11-7-9-12(10-8-11)26(18,24)25/h3-10,23H,2H2,1H3,(H2,18,24,25). The number of nitrogens with zero attached hydrogens (tertiary/aromatic N) is 3. The van der Waals surface area contributed by atoms with Gasteiger partial charge in [0.05, 0.1) is 10.4 Å². The molecular weight excluding hydrogens is 356 g/mol. The highest BCUT2D eigenvalue weighted by Crippen LogP contribution is 2.38. The molecule has 0 unspecified atom stereocenters. The topological polar surface area (TPSA) is 127 Å². The number of aryl methyl sites for hydroxylation is 1. The summed E-state index contributed by atoms with van der Waals surface area (Å²) in [6.07, 6.45) is 0. The van der Waals surface area contributed by atoms with E-state index in [1.54, 1.807) is 16.7 Å². The molecule has 0 spiro atoms. The molecule has 0 atom stereocenters. The Kier molecular flexibility index (Phi) is 4.58. The quantitative estimate of drug-likeness (QED) is 0.682. The van der Waals surface area contributed by atoms with Crippen molar-refractivity contribution in [1.29, 1.82) is 0 Å². The van der Waals surface area contributed by atoms with Crippen molar-refractivity contribution in [3.63, 3.8) is 0 Å². The molecule has 134 valence electrons. The molecule has 8 nitrogen and oxygen atoms in total. The minimum atomic E-state index is -3.83. The summed E-state index contributed by atoms with van der Waals surface area (Å²) in [5, 5.41) is 23.6. The first-order valence-corrected chi connectivity index (χ1v) is 9.26. The van der Waals surface area contributed by atoms with E-state index in [4.69, 9.17) is 5.14 Å². The molecule has 3 N–H and O–H groups in total. The van der Waals surface area contributed by atoms with Crippen molar-refractivity contribution >= 4 is 32.5 Å². The number of amides is 1. The first-order valence-electron chi connectivity index (χ1n) is 7.72. The van der Waals surface area contributed by atoms with E-state index in [-0.39, 0.29) is 22.0 Å². The van der Waals surface area contributed by atoms with Gasteiger partial charge in [0.2, 0.25) is 15.9 Å². The van der Waals surface area contributed by atoms with Crippen LogP contribution in [-0.2, 0) is 16.6 Å². The van der Waals surface area contributed by atoms with Gasteiger partial charge in [-0.3, -0.25) is 4.79 Å². The fraction of sp³-hybridized carbons (Fsp3) is 0.118. The van der Waals surface area contributed by atoms with Crippen molar-refractivity contribution in [2.75, 3.05) is 0 Å². The number of aromatic nitrogens is 1. The van der Waals surface area contributed by atoms with Gasteiger partial charge < -0.3 is 9.67 Å². The highest BCUT2D eigenvalue weighted by molar-refractivity contribution is 7.89. The largest absolute Gasteiger partial charge is 0.493 e. The van der Waals surface area contributed by atoms with Crippen molar-refractivity contribution < 1.29 is 18.3 Å². The fourth-order valence-electron chi connectivity index (χ4n) is 2.63. The lowest BCUT2D eigenvalue weighted by molar-refractivity contribution is 0.0995. The number of fused-ring (bicyclic) bond motifs is 1. The van der Waals surface area contributed by atoms with Crippen LogP contribution in [0.1, 0.15) is 17.3 Å². The summed E-state index contributed by atoms with van der Waals surface area (Å²) in [4.78, 5) is 12.1. The first-order chi connectivity index (χ1) is 12.3. The van der Waals surface area contributed by atoms with Gasteiger partial charge in [0.15, 0.2) is 5.69 Å². The Hall–Kier alpha value is -3.04. The van der Waals surface area contributed by atoms with Gasteiger partial charge in [0.25, 0.3) is 5.91 Å². The normalized spacial score (nSPS) is 12.1. The van der Waals surface area contributed by atoms with E-state index in [9.17, 15) is 18.3 Å². The summed E-state index contributed by atoms with van der Waals surface area (Å²) in [6, 6.07) is 12.3. The van der Waals surface area contributed by atoms with Crippen LogP contribution in [0.2, 0.25) is 0 Å². The maximum absolute atomic E-state index is 12.2. The minimum absolute atomic E-state index is 0.0742. The number of hydrogen-bond donors (Lipinski definition) is 2. The summed E-state index contributed by atoms with van der Waals surface area (Å²) in [7, 11) is -3.83. The van der Waals surface area contributed by atoms with E-state index in [1.165, 1.54) is 24.3 Å². The monoisotopic (exact) mass is 372 g/mol. The van der Waals surface area contributed by atoms with Gasteiger partial charge in [-0.15, -0.1) is 10.2 Å². The Bertz CT molecular complexity index is 1120. The van der Waals surface area contributed by atoms with Crippen molar-refractivity contribution in [1.82, 2.24) is 4.57 Å². The average Bonchev–Trinajstić information content (AvgIpc) is 2.90. The van der Waals surface area contributed by atoms with E-state index in [1.807, 2.05) is 19.1 Å². The molecule has 0 bridgehead atoms. The molecule has 0 aliphatic rings. The molecule has 2 aromatic carbocycles. The lowest BCUT2D eigenvalue weighted by Crippen LogP contribution is -2.12. The maximum atomic E-state index is 12.2. The summed E-state index contributed by atoms with van der Waals surface area (Å²) in [6.45, 7) is 2.41. The Morgan fingerprint density at radius 1 is 1.15 bits per heavy atom. The van der Waals surface area contributed by atoms with Crippen LogP contribution < -0.4 is 5.14 Å². The Balaban J connectivity index is 1.94. The van der Waals surface area contributed by atoms with Crippen LogP contribution in [0.25, 0.3) is 10.9 Å². The Morgan fingerprint density at radius 2 is 1.81 bits per heavy atom. The van der Waals surface area contributed by atoms with Crippen LogP contribution in [0.3, 0.4) is 0 Å². The molecule has 0 aliphatic carbocycles. The van der Waals surface area contributed by atoms with E-state index >= 15 is 0 Å². The van der Waals surface area contributed by atoms with Crippen LogP contribution in [0.5, 0.6) is 5.88 Å². The summed E-state index contributed by atoms with van der Waals surface area (Å²) in [5.74, 6) is -0.742. The van der Waals surface area contributed by atoms with Crippen molar-refractivity contribution in [2.45, 2.75) is 18.4 Å². The smallest absolute Gasteiger partial charge is 0.295 e. The SMILES string of the molecule is CCn1c(O)c(N=NC(=O)c2ccc(S(N)(=O)=O)cc2)c2ccccc21. The Labute approximate surface area is 149 Å². The molecule has 0 saturated heterocycles. The number of azo groups is 1. The van der Waals surface area contributed by atoms with Gasteiger partial charge in [0.1, 0.15) is 0 Å². The predicted molar refractivity (Wildman–Crippen MR) is 95.9 cm³/mol. The zero-order chi connectivity index (χ0) is 18.9.